The van der Waals surface area contributed by atoms with Gasteiger partial charge in [0, 0.05) is 60.8 Å². The Morgan fingerprint density at radius 1 is 1.05 bits per heavy atom. The third-order valence-corrected chi connectivity index (χ3v) is 8.01. The molecule has 0 unspecified atom stereocenters. The number of anilines is 2. The summed E-state index contributed by atoms with van der Waals surface area (Å²) in [6.45, 7) is 9.38. The van der Waals surface area contributed by atoms with Crippen molar-refractivity contribution in [1.29, 1.82) is 0 Å². The lowest BCUT2D eigenvalue weighted by atomic mass is 9.96. The van der Waals surface area contributed by atoms with Crippen molar-refractivity contribution in [2.24, 2.45) is 0 Å². The molecule has 11 heteroatoms. The molecule has 194 valence electrons. The van der Waals surface area contributed by atoms with E-state index < -0.39 is 5.82 Å². The maximum Gasteiger partial charge on any atom is 0.228 e. The standard InChI is InChI=1S/C26H31ClFN9/c1-13-6-7-19-24(33-34-32-19)20(13)21-18(27)8-17-23(22(21)28)30-26(36-11-16(12-36)35(4)5)31-25(17)37-10-14(2)29-9-15(37)3/h6-8,14-16,29H,9-12H2,1-5H3,(H,32,33,34)/t14-,15+/m1/s1. The summed E-state index contributed by atoms with van der Waals surface area (Å²) in [7, 11) is 4.14. The molecule has 0 saturated carbocycles. The van der Waals surface area contributed by atoms with Crippen molar-refractivity contribution >= 4 is 45.3 Å². The van der Waals surface area contributed by atoms with Crippen LogP contribution in [0.5, 0.6) is 0 Å². The topological polar surface area (TPSA) is 89.1 Å². The number of nitrogens with one attached hydrogen (secondary N) is 2. The Morgan fingerprint density at radius 2 is 1.84 bits per heavy atom. The number of piperazine rings is 1. The SMILES string of the molecule is Cc1ccc2n[nH]nc2c1-c1c(Cl)cc2c(N3C[C@@H](C)NC[C@@H]3C)nc(N3CC(N(C)C)C3)nc2c1F. The van der Waals surface area contributed by atoms with Crippen LogP contribution in [-0.4, -0.2) is 88.7 Å². The summed E-state index contributed by atoms with van der Waals surface area (Å²) < 4.78 is 16.6. The number of likely N-dealkylation sites (N-methyl/N-ethyl adjacent to an activating group) is 1. The molecular formula is C26H31ClFN9. The Balaban J connectivity index is 1.58. The number of hydrogen-bond acceptors (Lipinski definition) is 8. The predicted molar refractivity (Wildman–Crippen MR) is 146 cm³/mol. The van der Waals surface area contributed by atoms with Crippen molar-refractivity contribution in [2.45, 2.75) is 38.9 Å². The van der Waals surface area contributed by atoms with E-state index in [1.54, 1.807) is 0 Å². The van der Waals surface area contributed by atoms with E-state index in [4.69, 9.17) is 21.6 Å². The molecule has 0 aliphatic carbocycles. The fraction of sp³-hybridized carbons (Fsp3) is 0.462. The molecule has 0 spiro atoms. The van der Waals surface area contributed by atoms with Gasteiger partial charge in [0.2, 0.25) is 5.95 Å². The van der Waals surface area contributed by atoms with Gasteiger partial charge in [-0.25, -0.2) is 9.37 Å². The van der Waals surface area contributed by atoms with Crippen molar-refractivity contribution < 1.29 is 4.39 Å². The van der Waals surface area contributed by atoms with Crippen molar-refractivity contribution in [3.63, 3.8) is 0 Å². The number of halogens is 2. The average Bonchev–Trinajstić information content (AvgIpc) is 3.30. The van der Waals surface area contributed by atoms with Crippen LogP contribution in [0.25, 0.3) is 33.1 Å². The molecule has 4 aromatic rings. The van der Waals surface area contributed by atoms with Crippen LogP contribution in [0.15, 0.2) is 18.2 Å². The van der Waals surface area contributed by atoms with Crippen LogP contribution in [0.1, 0.15) is 19.4 Å². The molecule has 2 aliphatic heterocycles. The number of hydrogen-bond donors (Lipinski definition) is 2. The van der Waals surface area contributed by atoms with Crippen LogP contribution in [0.2, 0.25) is 5.02 Å². The number of benzene rings is 2. The van der Waals surface area contributed by atoms with E-state index in [2.05, 4.69) is 63.4 Å². The largest absolute Gasteiger partial charge is 0.350 e. The second-order valence-corrected chi connectivity index (χ2v) is 11.0. The van der Waals surface area contributed by atoms with Gasteiger partial charge in [0.15, 0.2) is 5.82 Å². The quantitative estimate of drug-likeness (QED) is 0.419. The van der Waals surface area contributed by atoms with Gasteiger partial charge in [-0.3, -0.25) is 0 Å². The zero-order valence-electron chi connectivity index (χ0n) is 21.7. The van der Waals surface area contributed by atoms with Crippen LogP contribution in [0, 0.1) is 12.7 Å². The number of fused-ring (bicyclic) bond motifs is 2. The molecule has 2 fully saturated rings. The van der Waals surface area contributed by atoms with Crippen molar-refractivity contribution in [3.05, 3.63) is 34.6 Å². The Kier molecular flexibility index (Phi) is 5.93. The monoisotopic (exact) mass is 523 g/mol. The van der Waals surface area contributed by atoms with Crippen LogP contribution in [0.4, 0.5) is 16.2 Å². The van der Waals surface area contributed by atoms with E-state index in [1.165, 1.54) is 0 Å². The van der Waals surface area contributed by atoms with Gasteiger partial charge in [-0.2, -0.15) is 20.4 Å². The molecule has 37 heavy (non-hydrogen) atoms. The molecule has 2 saturated heterocycles. The highest BCUT2D eigenvalue weighted by Gasteiger charge is 2.34. The molecule has 2 aliphatic rings. The van der Waals surface area contributed by atoms with Crippen LogP contribution >= 0.6 is 11.6 Å². The number of nitrogens with zero attached hydrogens (tertiary/aromatic N) is 7. The molecule has 9 nitrogen and oxygen atoms in total. The molecule has 2 N–H and O–H groups in total. The summed E-state index contributed by atoms with van der Waals surface area (Å²) in [6.07, 6.45) is 0. The lowest BCUT2D eigenvalue weighted by Gasteiger charge is -2.43. The lowest BCUT2D eigenvalue weighted by molar-refractivity contribution is 0.245. The van der Waals surface area contributed by atoms with Crippen molar-refractivity contribution in [3.8, 4) is 11.1 Å². The fourth-order valence-corrected chi connectivity index (χ4v) is 5.64. The van der Waals surface area contributed by atoms with Gasteiger partial charge in [-0.05, 0) is 52.6 Å². The second-order valence-electron chi connectivity index (χ2n) is 10.6. The molecule has 0 bridgehead atoms. The smallest absolute Gasteiger partial charge is 0.228 e. The van der Waals surface area contributed by atoms with Gasteiger partial charge in [0.1, 0.15) is 22.4 Å². The number of aromatic nitrogens is 5. The second kappa shape index (κ2) is 9.04. The average molecular weight is 524 g/mol. The van der Waals surface area contributed by atoms with E-state index in [9.17, 15) is 0 Å². The van der Waals surface area contributed by atoms with Gasteiger partial charge < -0.3 is 20.0 Å². The summed E-state index contributed by atoms with van der Waals surface area (Å²) in [4.78, 5) is 16.4. The van der Waals surface area contributed by atoms with E-state index in [0.29, 0.717) is 44.6 Å². The molecular weight excluding hydrogens is 493 g/mol. The number of H-pyrrole nitrogens is 1. The van der Waals surface area contributed by atoms with E-state index in [1.807, 2.05) is 25.1 Å². The van der Waals surface area contributed by atoms with Crippen LogP contribution in [0.3, 0.4) is 0 Å². The maximum absolute atomic E-state index is 16.6. The molecule has 0 amide bonds. The van der Waals surface area contributed by atoms with Gasteiger partial charge in [-0.1, -0.05) is 17.7 Å². The van der Waals surface area contributed by atoms with E-state index >= 15 is 4.39 Å². The Morgan fingerprint density at radius 3 is 2.59 bits per heavy atom. The third-order valence-electron chi connectivity index (χ3n) is 7.71. The minimum atomic E-state index is -0.466. The molecule has 4 heterocycles. The molecule has 2 aromatic carbocycles. The highest BCUT2D eigenvalue weighted by molar-refractivity contribution is 6.35. The summed E-state index contributed by atoms with van der Waals surface area (Å²) in [5.41, 5.74) is 3.27. The molecule has 0 radical (unpaired) electrons. The highest BCUT2D eigenvalue weighted by atomic mass is 35.5. The van der Waals surface area contributed by atoms with Gasteiger partial charge >= 0.3 is 0 Å². The van der Waals surface area contributed by atoms with Gasteiger partial charge in [0.25, 0.3) is 0 Å². The van der Waals surface area contributed by atoms with Crippen molar-refractivity contribution in [2.75, 3.05) is 50.1 Å². The highest BCUT2D eigenvalue weighted by Crippen LogP contribution is 2.42. The minimum absolute atomic E-state index is 0.181. The van der Waals surface area contributed by atoms with Crippen molar-refractivity contribution in [1.82, 2.24) is 35.6 Å². The number of rotatable bonds is 4. The Labute approximate surface area is 220 Å². The van der Waals surface area contributed by atoms with E-state index in [0.717, 1.165) is 37.6 Å². The first-order chi connectivity index (χ1) is 17.7. The number of aryl methyl sites for hydroxylation is 1. The molecule has 2 aromatic heterocycles. The normalized spacial score (nSPS) is 20.9. The first-order valence-electron chi connectivity index (χ1n) is 12.6. The first kappa shape index (κ1) is 24.3. The summed E-state index contributed by atoms with van der Waals surface area (Å²) in [6, 6.07) is 6.45. The zero-order chi connectivity index (χ0) is 26.0. The first-order valence-corrected chi connectivity index (χ1v) is 13.0. The molecule has 6 rings (SSSR count). The summed E-state index contributed by atoms with van der Waals surface area (Å²) in [5, 5.41) is 15.6. The predicted octanol–water partition coefficient (Wildman–Crippen LogP) is 3.61. The number of aromatic amines is 1. The molecule has 2 atom stereocenters. The third kappa shape index (κ3) is 3.98. The van der Waals surface area contributed by atoms with Crippen LogP contribution in [-0.2, 0) is 0 Å². The van der Waals surface area contributed by atoms with Crippen LogP contribution < -0.4 is 15.1 Å². The maximum atomic E-state index is 16.6. The van der Waals surface area contributed by atoms with E-state index in [-0.39, 0.29) is 17.6 Å². The van der Waals surface area contributed by atoms with Gasteiger partial charge in [0.05, 0.1) is 5.02 Å². The Hall–Kier alpha value is -3.08. The zero-order valence-corrected chi connectivity index (χ0v) is 22.4. The Bertz CT molecular complexity index is 1500. The summed E-state index contributed by atoms with van der Waals surface area (Å²) >= 11 is 6.85. The fourth-order valence-electron chi connectivity index (χ4n) is 5.35. The minimum Gasteiger partial charge on any atom is -0.350 e. The lowest BCUT2D eigenvalue weighted by Crippen LogP contribution is -2.58. The van der Waals surface area contributed by atoms with Gasteiger partial charge in [-0.15, -0.1) is 0 Å². The summed E-state index contributed by atoms with van der Waals surface area (Å²) in [5.74, 6) is 0.798.